The van der Waals surface area contributed by atoms with Crippen molar-refractivity contribution in [2.75, 3.05) is 17.6 Å². The maximum absolute atomic E-state index is 13.2. The van der Waals surface area contributed by atoms with Crippen molar-refractivity contribution in [3.63, 3.8) is 0 Å². The molecule has 4 aromatic rings. The highest BCUT2D eigenvalue weighted by atomic mass is 32.2. The summed E-state index contributed by atoms with van der Waals surface area (Å²) in [6.07, 6.45) is -7.42. The lowest BCUT2D eigenvalue weighted by molar-refractivity contribution is -0.138. The fourth-order valence-corrected chi connectivity index (χ4v) is 4.80. The third-order valence-corrected chi connectivity index (χ3v) is 6.75. The maximum atomic E-state index is 13.2. The highest BCUT2D eigenvalue weighted by Crippen LogP contribution is 2.35. The van der Waals surface area contributed by atoms with Crippen LogP contribution in [0.4, 0.5) is 32.0 Å². The van der Waals surface area contributed by atoms with Gasteiger partial charge < -0.3 is 15.2 Å². The molecule has 0 aliphatic heterocycles. The number of anilines is 1. The van der Waals surface area contributed by atoms with Gasteiger partial charge in [0.15, 0.2) is 0 Å². The lowest BCUT2D eigenvalue weighted by atomic mass is 10.1. The Bertz CT molecular complexity index is 1500. The smallest absolute Gasteiger partial charge is 0.350 e. The molecule has 0 unspecified atom stereocenters. The number of rotatable bonds is 8. The second kappa shape index (κ2) is 11.4. The summed E-state index contributed by atoms with van der Waals surface area (Å²) in [6.45, 7) is 0.406. The summed E-state index contributed by atoms with van der Waals surface area (Å²) in [5, 5.41) is 5.72. The Kier molecular flexibility index (Phi) is 8.24. The summed E-state index contributed by atoms with van der Waals surface area (Å²) >= 11 is 1.14. The van der Waals surface area contributed by atoms with Crippen LogP contribution >= 0.6 is 11.8 Å². The van der Waals surface area contributed by atoms with Crippen LogP contribution in [0.5, 0.6) is 0 Å². The number of benzene rings is 3. The zero-order valence-corrected chi connectivity index (χ0v) is 20.9. The van der Waals surface area contributed by atoms with Gasteiger partial charge in [0.25, 0.3) is 5.91 Å². The zero-order chi connectivity index (χ0) is 28.2. The van der Waals surface area contributed by atoms with Gasteiger partial charge in [-0.3, -0.25) is 9.59 Å². The van der Waals surface area contributed by atoms with Gasteiger partial charge in [-0.1, -0.05) is 36.4 Å². The molecule has 12 heteroatoms. The number of hydrogen-bond donors (Lipinski definition) is 2. The van der Waals surface area contributed by atoms with E-state index in [9.17, 15) is 35.9 Å². The quantitative estimate of drug-likeness (QED) is 0.182. The zero-order valence-electron chi connectivity index (χ0n) is 20.1. The first-order valence-corrected chi connectivity index (χ1v) is 12.5. The van der Waals surface area contributed by atoms with Gasteiger partial charge >= 0.3 is 12.4 Å². The largest absolute Gasteiger partial charge is 0.418 e. The molecule has 4 rings (SSSR count). The van der Waals surface area contributed by atoms with Crippen LogP contribution in [-0.4, -0.2) is 28.7 Å². The summed E-state index contributed by atoms with van der Waals surface area (Å²) in [4.78, 5) is 25.5. The molecule has 5 nitrogen and oxygen atoms in total. The van der Waals surface area contributed by atoms with Gasteiger partial charge in [0.2, 0.25) is 5.91 Å². The van der Waals surface area contributed by atoms with Crippen molar-refractivity contribution >= 4 is 40.2 Å². The van der Waals surface area contributed by atoms with Crippen LogP contribution in [0, 0.1) is 0 Å². The van der Waals surface area contributed by atoms with E-state index in [0.717, 1.165) is 40.9 Å². The van der Waals surface area contributed by atoms with Crippen molar-refractivity contribution in [3.8, 4) is 0 Å². The summed E-state index contributed by atoms with van der Waals surface area (Å²) in [7, 11) is 0. The Morgan fingerprint density at radius 2 is 1.56 bits per heavy atom. The SMILES string of the molecule is O=C(CSc1cn(CCNC(=O)c2cccc(C(F)(F)F)c2)c2ccccc12)Nc1ccccc1C(F)(F)F. The number of nitrogens with one attached hydrogen (secondary N) is 2. The maximum Gasteiger partial charge on any atom is 0.418 e. The molecule has 0 aliphatic rings. The van der Waals surface area contributed by atoms with Crippen molar-refractivity contribution in [1.29, 1.82) is 0 Å². The molecule has 0 saturated carbocycles. The third kappa shape index (κ3) is 6.94. The number of halogens is 6. The number of carbonyl (C=O) groups excluding carboxylic acids is 2. The normalized spacial score (nSPS) is 11.9. The van der Waals surface area contributed by atoms with E-state index < -0.39 is 35.3 Å². The van der Waals surface area contributed by atoms with Crippen molar-refractivity contribution in [2.45, 2.75) is 23.8 Å². The number of carbonyl (C=O) groups is 2. The number of hydrogen-bond acceptors (Lipinski definition) is 3. The Morgan fingerprint density at radius 3 is 2.31 bits per heavy atom. The predicted molar refractivity (Wildman–Crippen MR) is 137 cm³/mol. The van der Waals surface area contributed by atoms with Crippen molar-refractivity contribution in [1.82, 2.24) is 9.88 Å². The molecule has 204 valence electrons. The minimum absolute atomic E-state index is 0.114. The number of para-hydroxylation sites is 2. The lowest BCUT2D eigenvalue weighted by Gasteiger charge is -2.13. The summed E-state index contributed by atoms with van der Waals surface area (Å²) in [5.41, 5.74) is -1.51. The van der Waals surface area contributed by atoms with E-state index in [1.807, 2.05) is 16.7 Å². The van der Waals surface area contributed by atoms with Crippen LogP contribution in [-0.2, 0) is 23.7 Å². The van der Waals surface area contributed by atoms with Gasteiger partial charge in [-0.15, -0.1) is 11.8 Å². The first-order valence-electron chi connectivity index (χ1n) is 11.6. The molecule has 1 heterocycles. The molecule has 0 aliphatic carbocycles. The van der Waals surface area contributed by atoms with Gasteiger partial charge in [0, 0.05) is 40.6 Å². The number of fused-ring (bicyclic) bond motifs is 1. The second-order valence-electron chi connectivity index (χ2n) is 8.42. The molecular weight excluding hydrogens is 544 g/mol. The third-order valence-electron chi connectivity index (χ3n) is 5.71. The topological polar surface area (TPSA) is 63.1 Å². The summed E-state index contributed by atoms with van der Waals surface area (Å²) in [5.74, 6) is -1.41. The molecule has 0 atom stereocenters. The average Bonchev–Trinajstić information content (AvgIpc) is 3.24. The molecule has 2 N–H and O–H groups in total. The van der Waals surface area contributed by atoms with Gasteiger partial charge in [-0.25, -0.2) is 0 Å². The second-order valence-corrected chi connectivity index (χ2v) is 9.44. The number of aromatic nitrogens is 1. The van der Waals surface area contributed by atoms with Crippen LogP contribution in [0.15, 0.2) is 83.9 Å². The van der Waals surface area contributed by atoms with E-state index in [4.69, 9.17) is 0 Å². The van der Waals surface area contributed by atoms with Crippen LogP contribution in [0.3, 0.4) is 0 Å². The highest BCUT2D eigenvalue weighted by molar-refractivity contribution is 8.00. The van der Waals surface area contributed by atoms with Crippen molar-refractivity contribution < 1.29 is 35.9 Å². The lowest BCUT2D eigenvalue weighted by Crippen LogP contribution is -2.27. The monoisotopic (exact) mass is 565 g/mol. The molecule has 0 fully saturated rings. The van der Waals surface area contributed by atoms with Crippen molar-refractivity contribution in [2.24, 2.45) is 0 Å². The molecule has 0 saturated heterocycles. The first kappa shape index (κ1) is 28.1. The average molecular weight is 566 g/mol. The number of alkyl halides is 6. The van der Waals surface area contributed by atoms with Gasteiger partial charge in [-0.2, -0.15) is 26.3 Å². The molecule has 0 bridgehead atoms. The van der Waals surface area contributed by atoms with E-state index in [-0.39, 0.29) is 30.1 Å². The van der Waals surface area contributed by atoms with E-state index in [1.165, 1.54) is 30.3 Å². The van der Waals surface area contributed by atoms with E-state index in [2.05, 4.69) is 10.6 Å². The Balaban J connectivity index is 1.40. The standard InChI is InChI=1S/C27H21F6N3O2S/c28-26(29,30)18-7-5-6-17(14-18)25(38)34-12-13-36-15-23(19-8-1-4-11-22(19)36)39-16-24(37)35-21-10-3-2-9-20(21)27(31,32)33/h1-11,14-15H,12-13,16H2,(H,34,38)(H,35,37). The minimum Gasteiger partial charge on any atom is -0.350 e. The van der Waals surface area contributed by atoms with E-state index in [1.54, 1.807) is 18.3 Å². The number of amides is 2. The van der Waals surface area contributed by atoms with E-state index in [0.29, 0.717) is 4.90 Å². The predicted octanol–water partition coefficient (Wildman–Crippen LogP) is 6.84. The Labute approximate surface area is 223 Å². The molecule has 0 spiro atoms. The minimum atomic E-state index is -4.61. The fraction of sp³-hybridized carbons (Fsp3) is 0.185. The Hall–Kier alpha value is -3.93. The van der Waals surface area contributed by atoms with Crippen LogP contribution < -0.4 is 10.6 Å². The van der Waals surface area contributed by atoms with Crippen LogP contribution in [0.1, 0.15) is 21.5 Å². The van der Waals surface area contributed by atoms with Gasteiger partial charge in [-0.05, 0) is 36.4 Å². The van der Waals surface area contributed by atoms with E-state index >= 15 is 0 Å². The highest BCUT2D eigenvalue weighted by Gasteiger charge is 2.33. The van der Waals surface area contributed by atoms with Crippen LogP contribution in [0.25, 0.3) is 10.9 Å². The summed E-state index contributed by atoms with van der Waals surface area (Å²) < 4.78 is 80.3. The van der Waals surface area contributed by atoms with Gasteiger partial charge in [0.05, 0.1) is 22.6 Å². The Morgan fingerprint density at radius 1 is 0.846 bits per heavy atom. The number of thioether (sulfide) groups is 1. The number of nitrogens with zero attached hydrogens (tertiary/aromatic N) is 1. The molecule has 2 amide bonds. The molecule has 0 radical (unpaired) electrons. The molecule has 3 aromatic carbocycles. The molecular formula is C27H21F6N3O2S. The fourth-order valence-electron chi connectivity index (χ4n) is 3.91. The molecule has 39 heavy (non-hydrogen) atoms. The molecule has 1 aromatic heterocycles. The van der Waals surface area contributed by atoms with Crippen molar-refractivity contribution in [3.05, 3.63) is 95.7 Å². The van der Waals surface area contributed by atoms with Gasteiger partial charge in [0.1, 0.15) is 0 Å². The van der Waals surface area contributed by atoms with Crippen LogP contribution in [0.2, 0.25) is 0 Å². The first-order chi connectivity index (χ1) is 18.4. The summed E-state index contributed by atoms with van der Waals surface area (Å²) in [6, 6.07) is 16.1.